The largest absolute Gasteiger partial charge is 0.480 e. The average Bonchev–Trinajstić information content (AvgIpc) is 1.81. The highest BCUT2D eigenvalue weighted by Gasteiger charge is 2.14. The second-order valence-corrected chi connectivity index (χ2v) is 2.14. The Morgan fingerprint density at radius 1 is 1.70 bits per heavy atom. The van der Waals surface area contributed by atoms with Gasteiger partial charge in [0, 0.05) is 12.7 Å². The van der Waals surface area contributed by atoms with E-state index in [1.165, 1.54) is 6.92 Å². The molecule has 0 heterocycles. The van der Waals surface area contributed by atoms with Gasteiger partial charge >= 0.3 is 5.97 Å². The zero-order chi connectivity index (χ0) is 8.15. The number of hydrogen-bond acceptors (Lipinski definition) is 3. The van der Waals surface area contributed by atoms with Crippen LogP contribution in [0.5, 0.6) is 0 Å². The third-order valence-electron chi connectivity index (χ3n) is 0.858. The normalized spacial score (nSPS) is 12.2. The van der Waals surface area contributed by atoms with Gasteiger partial charge in [-0.05, 0) is 0 Å². The topological polar surface area (TPSA) is 66.4 Å². The zero-order valence-corrected chi connectivity index (χ0v) is 6.39. The first-order valence-corrected chi connectivity index (χ1v) is 3.32. The van der Waals surface area contributed by atoms with Gasteiger partial charge in [-0.15, -0.1) is 0 Å². The van der Waals surface area contributed by atoms with Gasteiger partial charge in [-0.3, -0.25) is 4.79 Å². The van der Waals surface area contributed by atoms with E-state index in [0.717, 1.165) is 0 Å². The minimum Gasteiger partial charge on any atom is -0.480 e. The second-order valence-electron chi connectivity index (χ2n) is 1.77. The fourth-order valence-electron chi connectivity index (χ4n) is 0.431. The fraction of sp³-hybridized carbons (Fsp3) is 0.600. The maximum Gasteiger partial charge on any atom is 0.327 e. The number of hydrogen-bond donors (Lipinski definition) is 3. The van der Waals surface area contributed by atoms with Crippen LogP contribution in [0.4, 0.5) is 0 Å². The molecule has 1 atom stereocenters. The summed E-state index contributed by atoms with van der Waals surface area (Å²) in [6, 6.07) is -0.874. The van der Waals surface area contributed by atoms with Crippen LogP contribution >= 0.6 is 12.6 Å². The molecule has 58 valence electrons. The molecule has 0 aromatic carbocycles. The van der Waals surface area contributed by atoms with Gasteiger partial charge < -0.3 is 10.4 Å². The molecule has 0 rings (SSSR count). The lowest BCUT2D eigenvalue weighted by molar-refractivity contribution is -0.140. The summed E-state index contributed by atoms with van der Waals surface area (Å²) in [5.74, 6) is -1.32. The molecule has 10 heavy (non-hydrogen) atoms. The first-order valence-electron chi connectivity index (χ1n) is 2.68. The highest BCUT2D eigenvalue weighted by atomic mass is 32.1. The van der Waals surface area contributed by atoms with E-state index in [0.29, 0.717) is 0 Å². The smallest absolute Gasteiger partial charge is 0.327 e. The predicted molar refractivity (Wildman–Crippen MR) is 39.1 cm³/mol. The van der Waals surface area contributed by atoms with E-state index in [-0.39, 0.29) is 11.7 Å². The maximum atomic E-state index is 10.3. The van der Waals surface area contributed by atoms with E-state index in [2.05, 4.69) is 17.9 Å². The van der Waals surface area contributed by atoms with Gasteiger partial charge in [0.15, 0.2) is 0 Å². The molecule has 0 fully saturated rings. The zero-order valence-electron chi connectivity index (χ0n) is 5.50. The Labute approximate surface area is 64.0 Å². The van der Waals surface area contributed by atoms with Crippen molar-refractivity contribution in [3.8, 4) is 0 Å². The van der Waals surface area contributed by atoms with Crippen LogP contribution in [0.2, 0.25) is 0 Å². The molecule has 0 aliphatic rings. The lowest BCUT2D eigenvalue weighted by Crippen LogP contribution is -2.40. The molecule has 0 aliphatic carbocycles. The number of carbonyl (C=O) groups excluding carboxylic acids is 1. The summed E-state index contributed by atoms with van der Waals surface area (Å²) in [7, 11) is 0. The Balaban J connectivity index is 3.83. The van der Waals surface area contributed by atoms with Crippen molar-refractivity contribution in [1.82, 2.24) is 5.32 Å². The summed E-state index contributed by atoms with van der Waals surface area (Å²) in [5.41, 5.74) is 0. The number of thiol groups is 1. The number of carboxylic acid groups (broad SMARTS) is 1. The molecule has 2 N–H and O–H groups in total. The molecule has 0 saturated carbocycles. The fourth-order valence-corrected chi connectivity index (χ4v) is 0.678. The van der Waals surface area contributed by atoms with Crippen molar-refractivity contribution >= 4 is 24.5 Å². The number of carboxylic acids is 1. The van der Waals surface area contributed by atoms with E-state index >= 15 is 0 Å². The van der Waals surface area contributed by atoms with Gasteiger partial charge in [0.05, 0.1) is 0 Å². The lowest BCUT2D eigenvalue weighted by atomic mass is 10.5. The van der Waals surface area contributed by atoms with Gasteiger partial charge in [0.2, 0.25) is 5.91 Å². The van der Waals surface area contributed by atoms with E-state index in [1.54, 1.807) is 0 Å². The van der Waals surface area contributed by atoms with Crippen molar-refractivity contribution in [2.24, 2.45) is 0 Å². The van der Waals surface area contributed by atoms with Crippen molar-refractivity contribution in [2.75, 3.05) is 5.75 Å². The Bertz CT molecular complexity index is 148. The highest BCUT2D eigenvalue weighted by Crippen LogP contribution is 1.86. The lowest BCUT2D eigenvalue weighted by Gasteiger charge is -2.08. The average molecular weight is 165 g/mol. The summed E-state index contributed by atoms with van der Waals surface area (Å²) in [6.07, 6.45) is 0. The Hall–Kier alpha value is -0.710. The van der Waals surface area contributed by atoms with Gasteiger partial charge in [0.1, 0.15) is 6.04 Å². The third kappa shape index (κ3) is 3.34. The molecule has 0 spiro atoms. The number of nitrogens with one attached hydrogen (secondary N) is 1. The third-order valence-corrected chi connectivity index (χ3v) is 1.22. The molecule has 0 aromatic heterocycles. The summed E-state index contributed by atoms with van der Waals surface area (Å²) >= 11 is 3.73. The molecule has 0 unspecified atom stereocenters. The summed E-state index contributed by atoms with van der Waals surface area (Å²) in [6.45, 7) is 1.26. The van der Waals surface area contributed by atoms with Gasteiger partial charge in [-0.1, -0.05) is 0 Å². The van der Waals surface area contributed by atoms with Crippen LogP contribution in [-0.2, 0) is 9.59 Å². The first-order chi connectivity index (χ1) is 4.57. The highest BCUT2D eigenvalue weighted by molar-refractivity contribution is 7.80. The SMILES string of the molecule is C[13C](=O)N[C@@H](CS)[13C](=O)O. The molecule has 0 radical (unpaired) electrons. The Morgan fingerprint density at radius 3 is 2.30 bits per heavy atom. The van der Waals surface area contributed by atoms with E-state index < -0.39 is 12.0 Å². The van der Waals surface area contributed by atoms with Crippen molar-refractivity contribution in [3.05, 3.63) is 0 Å². The molecule has 0 saturated heterocycles. The summed E-state index contributed by atoms with van der Waals surface area (Å²) in [4.78, 5) is 20.5. The number of carbonyl (C=O) groups is 2. The number of rotatable bonds is 3. The van der Waals surface area contributed by atoms with Crippen LogP contribution in [0.3, 0.4) is 0 Å². The predicted octanol–water partition coefficient (Wildman–Crippen LogP) is -0.494. The molecule has 1 amide bonds. The minimum absolute atomic E-state index is 0.106. The van der Waals surface area contributed by atoms with Crippen LogP contribution < -0.4 is 5.32 Å². The van der Waals surface area contributed by atoms with E-state index in [1.807, 2.05) is 0 Å². The molecular weight excluding hydrogens is 156 g/mol. The quantitative estimate of drug-likeness (QED) is 0.390. The maximum absolute atomic E-state index is 10.3. The minimum atomic E-state index is -1.06. The van der Waals surface area contributed by atoms with Gasteiger partial charge in [-0.2, -0.15) is 12.6 Å². The standard InChI is InChI=1S/C5H9NO3S/c1-3(7)6-4(2-10)5(8)9/h4,10H,2H2,1H3,(H,6,7)(H,8,9)/t4-/m0/s1/i3+1,5+1. The molecule has 0 aliphatic heterocycles. The van der Waals surface area contributed by atoms with Crippen LogP contribution in [-0.4, -0.2) is 28.8 Å². The molecule has 5 heteroatoms. The molecule has 4 nitrogen and oxygen atoms in total. The number of aliphatic carboxylic acids is 1. The molecule has 0 bridgehead atoms. The Morgan fingerprint density at radius 2 is 2.20 bits per heavy atom. The monoisotopic (exact) mass is 165 g/mol. The van der Waals surface area contributed by atoms with Crippen LogP contribution in [0, 0.1) is 0 Å². The summed E-state index contributed by atoms with van der Waals surface area (Å²) < 4.78 is 0. The van der Waals surface area contributed by atoms with E-state index in [9.17, 15) is 9.59 Å². The summed E-state index contributed by atoms with van der Waals surface area (Å²) in [5, 5.41) is 10.6. The first kappa shape index (κ1) is 9.29. The van der Waals surface area contributed by atoms with Crippen molar-refractivity contribution in [2.45, 2.75) is 13.0 Å². The van der Waals surface area contributed by atoms with Crippen LogP contribution in [0.1, 0.15) is 6.92 Å². The number of amides is 1. The van der Waals surface area contributed by atoms with Gasteiger partial charge in [0.25, 0.3) is 0 Å². The van der Waals surface area contributed by atoms with Crippen LogP contribution in [0.25, 0.3) is 0 Å². The van der Waals surface area contributed by atoms with Gasteiger partial charge in [-0.25, -0.2) is 4.79 Å². The molecular formula is C5H9NO3S. The van der Waals surface area contributed by atoms with E-state index in [4.69, 9.17) is 5.11 Å². The Kier molecular flexibility index (Phi) is 3.87. The van der Waals surface area contributed by atoms with Crippen molar-refractivity contribution in [1.29, 1.82) is 0 Å². The molecule has 0 aromatic rings. The van der Waals surface area contributed by atoms with Crippen LogP contribution in [0.15, 0.2) is 0 Å². The second kappa shape index (κ2) is 4.16. The van der Waals surface area contributed by atoms with Crippen molar-refractivity contribution in [3.63, 3.8) is 0 Å². The van der Waals surface area contributed by atoms with Crippen molar-refractivity contribution < 1.29 is 14.7 Å².